The van der Waals surface area contributed by atoms with Crippen LogP contribution in [0.2, 0.25) is 0 Å². The molecule has 32 heavy (non-hydrogen) atoms. The molecule has 1 aliphatic rings. The van der Waals surface area contributed by atoms with Gasteiger partial charge in [-0.15, -0.1) is 0 Å². The molecule has 1 fully saturated rings. The van der Waals surface area contributed by atoms with Crippen molar-refractivity contribution in [1.82, 2.24) is 4.90 Å². The van der Waals surface area contributed by atoms with Crippen molar-refractivity contribution in [1.29, 1.82) is 0 Å². The summed E-state index contributed by atoms with van der Waals surface area (Å²) in [6.07, 6.45) is 0.0151. The average Bonchev–Trinajstić information content (AvgIpc) is 3.08. The lowest BCUT2D eigenvalue weighted by atomic mass is 10.2. The van der Waals surface area contributed by atoms with Gasteiger partial charge in [-0.25, -0.2) is 9.79 Å². The van der Waals surface area contributed by atoms with Gasteiger partial charge in [0, 0.05) is 18.7 Å². The van der Waals surface area contributed by atoms with E-state index in [-0.39, 0.29) is 18.2 Å². The molecule has 2 aromatic carbocycles. The van der Waals surface area contributed by atoms with Gasteiger partial charge in [0.15, 0.2) is 5.17 Å². The summed E-state index contributed by atoms with van der Waals surface area (Å²) in [5.41, 5.74) is 1.65. The van der Waals surface area contributed by atoms with E-state index in [2.05, 4.69) is 10.3 Å². The molecule has 2 amide bonds. The summed E-state index contributed by atoms with van der Waals surface area (Å²) in [5, 5.41) is 2.79. The number of thioether (sulfide) groups is 1. The topological polar surface area (TPSA) is 97.3 Å². The first-order chi connectivity index (χ1) is 15.4. The van der Waals surface area contributed by atoms with Gasteiger partial charge in [-0.1, -0.05) is 11.8 Å². The molecule has 3 rings (SSSR count). The maximum atomic E-state index is 12.8. The van der Waals surface area contributed by atoms with Gasteiger partial charge in [0.2, 0.25) is 11.8 Å². The van der Waals surface area contributed by atoms with Crippen LogP contribution in [-0.2, 0) is 14.3 Å². The number of amides is 2. The highest BCUT2D eigenvalue weighted by atomic mass is 32.2. The predicted octanol–water partition coefficient (Wildman–Crippen LogP) is 3.85. The number of hydrogen-bond acceptors (Lipinski definition) is 7. The molecule has 1 heterocycles. The van der Waals surface area contributed by atoms with Crippen LogP contribution in [0, 0.1) is 0 Å². The van der Waals surface area contributed by atoms with Gasteiger partial charge < -0.3 is 14.8 Å². The summed E-state index contributed by atoms with van der Waals surface area (Å²) in [6, 6.07) is 13.6. The number of rotatable bonds is 8. The molecular weight excluding hydrogens is 430 g/mol. The van der Waals surface area contributed by atoms with E-state index in [1.54, 1.807) is 55.3 Å². The molecule has 0 radical (unpaired) electrons. The van der Waals surface area contributed by atoms with Gasteiger partial charge in [-0.3, -0.25) is 14.5 Å². The Morgan fingerprint density at radius 2 is 1.78 bits per heavy atom. The van der Waals surface area contributed by atoms with Crippen molar-refractivity contribution in [2.75, 3.05) is 25.6 Å². The maximum absolute atomic E-state index is 12.8. The van der Waals surface area contributed by atoms with Gasteiger partial charge in [0.25, 0.3) is 0 Å². The minimum absolute atomic E-state index is 0.0151. The molecule has 0 aliphatic carbocycles. The molecule has 1 N–H and O–H groups in total. The van der Waals surface area contributed by atoms with Crippen molar-refractivity contribution in [3.8, 4) is 5.75 Å². The zero-order valence-electron chi connectivity index (χ0n) is 18.2. The lowest BCUT2D eigenvalue weighted by Gasteiger charge is -2.13. The number of methoxy groups -OCH3 is 1. The number of nitrogens with zero attached hydrogens (tertiary/aromatic N) is 2. The second kappa shape index (κ2) is 10.8. The average molecular weight is 456 g/mol. The molecule has 0 spiro atoms. The number of carbonyl (C=O) groups excluding carboxylic acids is 3. The Labute approximate surface area is 191 Å². The molecule has 1 aliphatic heterocycles. The Bertz CT molecular complexity index is 1010. The molecule has 168 valence electrons. The number of aliphatic imine (C=N–C) groups is 1. The van der Waals surface area contributed by atoms with E-state index in [0.29, 0.717) is 35.3 Å². The fraction of sp³-hybridized carbons (Fsp3) is 0.304. The highest BCUT2D eigenvalue weighted by Gasteiger charge is 2.38. The third-order valence-electron chi connectivity index (χ3n) is 4.68. The highest BCUT2D eigenvalue weighted by Crippen LogP contribution is 2.32. The quantitative estimate of drug-likeness (QED) is 0.607. The summed E-state index contributed by atoms with van der Waals surface area (Å²) >= 11 is 1.28. The Hall–Kier alpha value is -3.33. The Kier molecular flexibility index (Phi) is 7.88. The van der Waals surface area contributed by atoms with Gasteiger partial charge in [0.05, 0.1) is 25.0 Å². The smallest absolute Gasteiger partial charge is 0.338 e. The highest BCUT2D eigenvalue weighted by molar-refractivity contribution is 8.15. The number of ether oxygens (including phenoxy) is 2. The SMILES string of the molecule is CCOC(=O)c1ccc(NC(=O)CC2SC(=Nc3ccc(OC)cc3)N(CC)C2=O)cc1. The van der Waals surface area contributed by atoms with E-state index >= 15 is 0 Å². The molecule has 9 heteroatoms. The lowest BCUT2D eigenvalue weighted by molar-refractivity contribution is -0.128. The van der Waals surface area contributed by atoms with Crippen LogP contribution in [0.3, 0.4) is 0 Å². The number of esters is 1. The number of nitrogens with one attached hydrogen (secondary N) is 1. The third kappa shape index (κ3) is 5.67. The van der Waals surface area contributed by atoms with Crippen LogP contribution < -0.4 is 10.1 Å². The van der Waals surface area contributed by atoms with Gasteiger partial charge >= 0.3 is 5.97 Å². The standard InChI is InChI=1S/C23H25N3O5S/c1-4-26-21(28)19(32-23(26)25-17-10-12-18(30-3)13-11-17)14-20(27)24-16-8-6-15(7-9-16)22(29)31-5-2/h6-13,19H,4-5,14H2,1-3H3,(H,24,27). The van der Waals surface area contributed by atoms with Crippen LogP contribution in [-0.4, -0.2) is 53.4 Å². The summed E-state index contributed by atoms with van der Waals surface area (Å²) < 4.78 is 10.1. The van der Waals surface area contributed by atoms with Crippen molar-refractivity contribution in [3.05, 3.63) is 54.1 Å². The van der Waals surface area contributed by atoms with E-state index in [1.807, 2.05) is 19.1 Å². The Morgan fingerprint density at radius 3 is 2.38 bits per heavy atom. The monoisotopic (exact) mass is 455 g/mol. The molecule has 1 atom stereocenters. The number of benzene rings is 2. The first-order valence-corrected chi connectivity index (χ1v) is 11.1. The largest absolute Gasteiger partial charge is 0.497 e. The van der Waals surface area contributed by atoms with Gasteiger partial charge in [0.1, 0.15) is 11.0 Å². The number of hydrogen-bond donors (Lipinski definition) is 1. The van der Waals surface area contributed by atoms with Crippen molar-refractivity contribution >= 4 is 46.1 Å². The lowest BCUT2D eigenvalue weighted by Crippen LogP contribution is -2.33. The van der Waals surface area contributed by atoms with E-state index in [1.165, 1.54) is 11.8 Å². The van der Waals surface area contributed by atoms with Crippen LogP contribution in [0.15, 0.2) is 53.5 Å². The van der Waals surface area contributed by atoms with Crippen LogP contribution in [0.5, 0.6) is 5.75 Å². The van der Waals surface area contributed by atoms with E-state index < -0.39 is 11.2 Å². The summed E-state index contributed by atoms with van der Waals surface area (Å²) in [6.45, 7) is 4.37. The molecule has 0 aromatic heterocycles. The Balaban J connectivity index is 1.63. The van der Waals surface area contributed by atoms with Crippen LogP contribution in [0.25, 0.3) is 0 Å². The summed E-state index contributed by atoms with van der Waals surface area (Å²) in [7, 11) is 1.59. The molecular formula is C23H25N3O5S. The van der Waals surface area contributed by atoms with Crippen molar-refractivity contribution in [2.24, 2.45) is 4.99 Å². The van der Waals surface area contributed by atoms with Gasteiger partial charge in [-0.05, 0) is 62.4 Å². The fourth-order valence-electron chi connectivity index (χ4n) is 3.07. The van der Waals surface area contributed by atoms with Crippen molar-refractivity contribution in [3.63, 3.8) is 0 Å². The maximum Gasteiger partial charge on any atom is 0.338 e. The minimum atomic E-state index is -0.550. The number of anilines is 1. The number of carbonyl (C=O) groups is 3. The first-order valence-electron chi connectivity index (χ1n) is 10.2. The van der Waals surface area contributed by atoms with E-state index in [4.69, 9.17) is 9.47 Å². The first kappa shape index (κ1) is 23.3. The molecule has 2 aromatic rings. The molecule has 0 bridgehead atoms. The van der Waals surface area contributed by atoms with Crippen LogP contribution in [0.1, 0.15) is 30.6 Å². The minimum Gasteiger partial charge on any atom is -0.497 e. The van der Waals surface area contributed by atoms with Crippen LogP contribution in [0.4, 0.5) is 11.4 Å². The van der Waals surface area contributed by atoms with Gasteiger partial charge in [-0.2, -0.15) is 0 Å². The second-order valence-corrected chi connectivity index (χ2v) is 8.00. The zero-order valence-corrected chi connectivity index (χ0v) is 19.0. The van der Waals surface area contributed by atoms with E-state index in [9.17, 15) is 14.4 Å². The zero-order chi connectivity index (χ0) is 23.1. The van der Waals surface area contributed by atoms with Crippen LogP contribution >= 0.6 is 11.8 Å². The summed E-state index contributed by atoms with van der Waals surface area (Å²) in [5.74, 6) is -0.123. The fourth-order valence-corrected chi connectivity index (χ4v) is 4.29. The molecule has 1 unspecified atom stereocenters. The third-order valence-corrected chi connectivity index (χ3v) is 5.86. The Morgan fingerprint density at radius 1 is 1.09 bits per heavy atom. The normalized spacial score (nSPS) is 16.8. The molecule has 1 saturated heterocycles. The summed E-state index contributed by atoms with van der Waals surface area (Å²) in [4.78, 5) is 43.2. The number of amidine groups is 1. The second-order valence-electron chi connectivity index (χ2n) is 6.83. The van der Waals surface area contributed by atoms with Crippen molar-refractivity contribution in [2.45, 2.75) is 25.5 Å². The predicted molar refractivity (Wildman–Crippen MR) is 125 cm³/mol. The molecule has 8 nitrogen and oxygen atoms in total. The molecule has 0 saturated carbocycles. The van der Waals surface area contributed by atoms with E-state index in [0.717, 1.165) is 5.75 Å². The van der Waals surface area contributed by atoms with Crippen molar-refractivity contribution < 1.29 is 23.9 Å².